The molecule has 2 heterocycles. The van der Waals surface area contributed by atoms with Gasteiger partial charge in [-0.25, -0.2) is 13.1 Å². The summed E-state index contributed by atoms with van der Waals surface area (Å²) in [4.78, 5) is 0. The van der Waals surface area contributed by atoms with Crippen LogP contribution < -0.4 is 10.2 Å². The Morgan fingerprint density at radius 3 is 2.28 bits per heavy atom. The van der Waals surface area contributed by atoms with Gasteiger partial charge in [0.05, 0.1) is 16.5 Å². The van der Waals surface area contributed by atoms with Crippen molar-refractivity contribution >= 4 is 33.5 Å². The smallest absolute Gasteiger partial charge is 0.399 e. The molecule has 1 saturated carbocycles. The predicted octanol–water partition coefficient (Wildman–Crippen LogP) is 4.13. The molecular formula is C24H37BN2O4S. The van der Waals surface area contributed by atoms with Crippen LogP contribution in [0.4, 0.5) is 0 Å². The zero-order valence-electron chi connectivity index (χ0n) is 20.7. The van der Waals surface area contributed by atoms with E-state index in [2.05, 4.69) is 76.1 Å². The maximum Gasteiger partial charge on any atom is 0.494 e. The van der Waals surface area contributed by atoms with Gasteiger partial charge in [-0.05, 0) is 70.0 Å². The van der Waals surface area contributed by atoms with Crippen LogP contribution in [-0.4, -0.2) is 36.6 Å². The van der Waals surface area contributed by atoms with Crippen LogP contribution in [0.2, 0.25) is 0 Å². The Labute approximate surface area is 193 Å². The van der Waals surface area contributed by atoms with E-state index in [1.54, 1.807) is 0 Å². The van der Waals surface area contributed by atoms with Crippen LogP contribution in [0, 0.1) is 5.41 Å². The number of nitrogens with one attached hydrogen (secondary N) is 1. The van der Waals surface area contributed by atoms with Crippen molar-refractivity contribution in [3.8, 4) is 0 Å². The molecule has 4 rings (SSSR count). The van der Waals surface area contributed by atoms with Crippen molar-refractivity contribution in [3.05, 3.63) is 30.0 Å². The van der Waals surface area contributed by atoms with Gasteiger partial charge in [0.15, 0.2) is 0 Å². The highest BCUT2D eigenvalue weighted by molar-refractivity contribution is 7.90. The maximum atomic E-state index is 12.5. The molecule has 1 aromatic carbocycles. The molecule has 1 N–H and O–H groups in total. The molecule has 1 saturated heterocycles. The fourth-order valence-electron chi connectivity index (χ4n) is 4.23. The van der Waals surface area contributed by atoms with Crippen molar-refractivity contribution in [1.29, 1.82) is 0 Å². The summed E-state index contributed by atoms with van der Waals surface area (Å²) in [6.45, 7) is 17.6. The van der Waals surface area contributed by atoms with Crippen molar-refractivity contribution in [2.24, 2.45) is 5.41 Å². The summed E-state index contributed by atoms with van der Waals surface area (Å²) in [5, 5.41) is 0.823. The largest absolute Gasteiger partial charge is 0.494 e. The van der Waals surface area contributed by atoms with Gasteiger partial charge >= 0.3 is 7.12 Å². The standard InChI is InChI=1S/C24H37BN2O4S/c1-16(26-32(28,29)18-10-11-18)20-14-27(15-22(2,3)4)21-13-17(9-12-19(20)21)25-30-23(5,6)24(7,8)31-25/h9,12-14,16,18,26H,10-11,15H2,1-8H3/t16-/m1/s1. The average Bonchev–Trinajstić information content (AvgIpc) is 3.39. The second kappa shape index (κ2) is 7.59. The van der Waals surface area contributed by atoms with E-state index in [1.165, 1.54) is 0 Å². The van der Waals surface area contributed by atoms with E-state index in [1.807, 2.05) is 13.0 Å². The first-order valence-electron chi connectivity index (χ1n) is 11.6. The molecule has 2 fully saturated rings. The second-order valence-corrected chi connectivity index (χ2v) is 13.7. The number of nitrogens with zero attached hydrogens (tertiary/aromatic N) is 1. The third-order valence-corrected chi connectivity index (χ3v) is 8.91. The highest BCUT2D eigenvalue weighted by Gasteiger charge is 2.51. The van der Waals surface area contributed by atoms with Gasteiger partial charge in [-0.15, -0.1) is 0 Å². The molecule has 2 aromatic rings. The summed E-state index contributed by atoms with van der Waals surface area (Å²) < 4.78 is 42.8. The average molecular weight is 460 g/mol. The molecule has 32 heavy (non-hydrogen) atoms. The zero-order chi connectivity index (χ0) is 23.7. The van der Waals surface area contributed by atoms with Crippen molar-refractivity contribution in [1.82, 2.24) is 9.29 Å². The van der Waals surface area contributed by atoms with Crippen LogP contribution in [0.25, 0.3) is 10.9 Å². The van der Waals surface area contributed by atoms with Crippen LogP contribution in [0.5, 0.6) is 0 Å². The monoisotopic (exact) mass is 460 g/mol. The molecule has 6 nitrogen and oxygen atoms in total. The maximum absolute atomic E-state index is 12.5. The lowest BCUT2D eigenvalue weighted by atomic mass is 9.78. The minimum absolute atomic E-state index is 0.0698. The number of hydrogen-bond acceptors (Lipinski definition) is 4. The summed E-state index contributed by atoms with van der Waals surface area (Å²) in [5.41, 5.74) is 2.30. The first-order valence-corrected chi connectivity index (χ1v) is 13.1. The third-order valence-electron chi connectivity index (χ3n) is 6.88. The molecule has 1 aliphatic heterocycles. The molecule has 0 amide bonds. The number of rotatable bonds is 6. The first-order chi connectivity index (χ1) is 14.6. The number of fused-ring (bicyclic) bond motifs is 1. The molecule has 176 valence electrons. The Bertz CT molecular complexity index is 1110. The summed E-state index contributed by atoms with van der Waals surface area (Å²) in [5.74, 6) is 0. The third kappa shape index (κ3) is 4.52. The van der Waals surface area contributed by atoms with Crippen LogP contribution in [0.1, 0.15) is 79.8 Å². The van der Waals surface area contributed by atoms with Gasteiger partial charge in [0.25, 0.3) is 0 Å². The van der Waals surface area contributed by atoms with Crippen molar-refractivity contribution < 1.29 is 17.7 Å². The van der Waals surface area contributed by atoms with Gasteiger partial charge < -0.3 is 13.9 Å². The van der Waals surface area contributed by atoms with Gasteiger partial charge in [-0.3, -0.25) is 0 Å². The highest BCUT2D eigenvalue weighted by atomic mass is 32.2. The molecule has 8 heteroatoms. The number of benzene rings is 1. The quantitative estimate of drug-likeness (QED) is 0.659. The summed E-state index contributed by atoms with van der Waals surface area (Å²) >= 11 is 0. The predicted molar refractivity (Wildman–Crippen MR) is 131 cm³/mol. The van der Waals surface area contributed by atoms with Crippen molar-refractivity contribution in [2.75, 3.05) is 0 Å². The Morgan fingerprint density at radius 2 is 1.75 bits per heavy atom. The minimum atomic E-state index is -3.28. The van der Waals surface area contributed by atoms with Crippen molar-refractivity contribution in [2.45, 2.75) is 97.3 Å². The van der Waals surface area contributed by atoms with E-state index >= 15 is 0 Å². The van der Waals surface area contributed by atoms with E-state index in [4.69, 9.17) is 9.31 Å². The number of sulfonamides is 1. The summed E-state index contributed by atoms with van der Waals surface area (Å²) in [6.07, 6.45) is 3.61. The SMILES string of the molecule is C[C@@H](NS(=O)(=O)C1CC1)c1cn(CC(C)(C)C)c2cc(B3OC(C)(C)C(C)(C)O3)ccc12. The topological polar surface area (TPSA) is 69.6 Å². The van der Waals surface area contributed by atoms with Gasteiger partial charge in [-0.2, -0.15) is 0 Å². The molecule has 0 spiro atoms. The molecule has 0 bridgehead atoms. The number of hydrogen-bond donors (Lipinski definition) is 1. The molecule has 1 aromatic heterocycles. The lowest BCUT2D eigenvalue weighted by molar-refractivity contribution is 0.00578. The molecule has 2 aliphatic rings. The second-order valence-electron chi connectivity index (χ2n) is 11.7. The summed E-state index contributed by atoms with van der Waals surface area (Å²) in [7, 11) is -3.71. The van der Waals surface area contributed by atoms with Crippen LogP contribution in [-0.2, 0) is 25.9 Å². The van der Waals surface area contributed by atoms with Crippen molar-refractivity contribution in [3.63, 3.8) is 0 Å². The number of aromatic nitrogens is 1. The van der Waals surface area contributed by atoms with E-state index in [9.17, 15) is 8.42 Å². The zero-order valence-corrected chi connectivity index (χ0v) is 21.5. The molecule has 1 atom stereocenters. The Hall–Kier alpha value is -1.35. The van der Waals surface area contributed by atoms with E-state index in [0.29, 0.717) is 0 Å². The van der Waals surface area contributed by atoms with Gasteiger partial charge in [0.2, 0.25) is 10.0 Å². The normalized spacial score (nSPS) is 21.9. The van der Waals surface area contributed by atoms with E-state index in [-0.39, 0.29) is 16.7 Å². The van der Waals surface area contributed by atoms with Gasteiger partial charge in [0, 0.05) is 29.7 Å². The molecule has 0 radical (unpaired) electrons. The lowest BCUT2D eigenvalue weighted by Gasteiger charge is -2.32. The Kier molecular flexibility index (Phi) is 5.64. The summed E-state index contributed by atoms with van der Waals surface area (Å²) in [6, 6.07) is 5.95. The molecule has 1 aliphatic carbocycles. The fraction of sp³-hybridized carbons (Fsp3) is 0.667. The highest BCUT2D eigenvalue weighted by Crippen LogP contribution is 2.37. The van der Waals surface area contributed by atoms with E-state index < -0.39 is 28.3 Å². The lowest BCUT2D eigenvalue weighted by Crippen LogP contribution is -2.41. The van der Waals surface area contributed by atoms with Crippen LogP contribution in [0.15, 0.2) is 24.4 Å². The van der Waals surface area contributed by atoms with Gasteiger partial charge in [-0.1, -0.05) is 32.9 Å². The Balaban J connectivity index is 1.73. The van der Waals surface area contributed by atoms with Gasteiger partial charge in [0.1, 0.15) is 0 Å². The van der Waals surface area contributed by atoms with Crippen LogP contribution in [0.3, 0.4) is 0 Å². The van der Waals surface area contributed by atoms with E-state index in [0.717, 1.165) is 41.3 Å². The molecular weight excluding hydrogens is 423 g/mol. The van der Waals surface area contributed by atoms with Crippen LogP contribution >= 0.6 is 0 Å². The minimum Gasteiger partial charge on any atom is -0.399 e. The molecule has 0 unspecified atom stereocenters. The fourth-order valence-corrected chi connectivity index (χ4v) is 5.80. The Morgan fingerprint density at radius 1 is 1.16 bits per heavy atom. The first kappa shape index (κ1) is 23.8.